The SMILES string of the molecule is NC1=N[C@@H]([C@H](O)CCO)C[C@@H](/C(=C\C(=O)O)[C@@H](C[C@H]2CCc3cc4ccc(CC=O)cc4cc3[C@@H]2CCC[C@@H](N)CC[C@H](C=O)CCC(O)O)Nc2ccc[nH]2)N1. The summed E-state index contributed by atoms with van der Waals surface area (Å²) in [6, 6.07) is 12.6. The van der Waals surface area contributed by atoms with Crippen LogP contribution in [-0.4, -0.2) is 98.2 Å². The fourth-order valence-corrected chi connectivity index (χ4v) is 8.79. The second-order valence-corrected chi connectivity index (χ2v) is 15.8. The van der Waals surface area contributed by atoms with Crippen molar-refractivity contribution in [2.75, 3.05) is 11.9 Å². The van der Waals surface area contributed by atoms with Crippen LogP contribution in [0.25, 0.3) is 10.8 Å². The predicted molar refractivity (Wildman–Crippen MR) is 220 cm³/mol. The molecular weight excluding hydrogens is 729 g/mol. The highest BCUT2D eigenvalue weighted by Gasteiger charge is 2.37. The lowest BCUT2D eigenvalue weighted by atomic mass is 9.69. The molecule has 0 spiro atoms. The van der Waals surface area contributed by atoms with E-state index in [9.17, 15) is 39.9 Å². The number of carboxylic acid groups (broad SMARTS) is 1. The molecule has 5 rings (SSSR count). The van der Waals surface area contributed by atoms with Gasteiger partial charge in [-0.1, -0.05) is 36.8 Å². The number of aldehydes is 2. The first-order valence-electron chi connectivity index (χ1n) is 20.3. The summed E-state index contributed by atoms with van der Waals surface area (Å²) >= 11 is 0. The van der Waals surface area contributed by atoms with Crippen LogP contribution in [0.1, 0.15) is 93.2 Å². The highest BCUT2D eigenvalue weighted by molar-refractivity contribution is 5.86. The van der Waals surface area contributed by atoms with Gasteiger partial charge < -0.3 is 62.2 Å². The Morgan fingerprint density at radius 3 is 2.53 bits per heavy atom. The molecule has 2 aromatic carbocycles. The summed E-state index contributed by atoms with van der Waals surface area (Å²) in [5, 5.41) is 58.0. The van der Waals surface area contributed by atoms with Crippen molar-refractivity contribution < 1.29 is 39.9 Å². The van der Waals surface area contributed by atoms with Gasteiger partial charge in [0.15, 0.2) is 12.2 Å². The Morgan fingerprint density at radius 2 is 1.82 bits per heavy atom. The first-order valence-corrected chi connectivity index (χ1v) is 20.3. The maximum Gasteiger partial charge on any atom is 0.328 e. The zero-order valence-corrected chi connectivity index (χ0v) is 32.5. The zero-order chi connectivity index (χ0) is 40.9. The van der Waals surface area contributed by atoms with Gasteiger partial charge in [0.05, 0.1) is 24.2 Å². The smallest absolute Gasteiger partial charge is 0.328 e. The molecule has 1 aromatic heterocycles. The standard InChI is InChI=1S/C43H60N6O8/c44-32(12-7-27(25-52)8-13-41(54)55)3-1-4-33-30(11-10-29-20-28-9-6-26(14-17-50)19-31(28)21-34(29)33)22-36(47-40-5-2-16-46-40)35(23-42(56)57)37-24-38(39(53)15-18-51)49-43(45)48-37/h2,5-6,9,16-17,19-21,23,25,27,30,32-33,36-39,41,46-47,51,53-55H,1,3-4,7-8,10-15,18,22,24,44H2,(H,56,57)(H3,45,48,49)/b35-23-/t27-,30+,32+,33+,36+,37-,38+,39+/m0/s1. The van der Waals surface area contributed by atoms with Gasteiger partial charge in [-0.2, -0.15) is 0 Å². The van der Waals surface area contributed by atoms with E-state index in [-0.39, 0.29) is 55.6 Å². The van der Waals surface area contributed by atoms with Crippen molar-refractivity contribution in [3.05, 3.63) is 77.0 Å². The summed E-state index contributed by atoms with van der Waals surface area (Å²) in [6.45, 7) is -0.224. The van der Waals surface area contributed by atoms with Crippen LogP contribution in [0.2, 0.25) is 0 Å². The number of aliphatic imine (C=N–C) groups is 1. The summed E-state index contributed by atoms with van der Waals surface area (Å²) in [5.41, 5.74) is 16.9. The van der Waals surface area contributed by atoms with E-state index in [1.165, 1.54) is 17.2 Å². The molecule has 1 aliphatic carbocycles. The Balaban J connectivity index is 1.45. The third-order valence-corrected chi connectivity index (χ3v) is 11.8. The monoisotopic (exact) mass is 788 g/mol. The second kappa shape index (κ2) is 21.2. The molecule has 0 fully saturated rings. The number of aryl methyl sites for hydroxylation is 1. The van der Waals surface area contributed by atoms with Crippen molar-refractivity contribution >= 4 is 41.1 Å². The van der Waals surface area contributed by atoms with E-state index >= 15 is 0 Å². The van der Waals surface area contributed by atoms with E-state index in [4.69, 9.17) is 11.5 Å². The number of aromatic nitrogens is 1. The molecule has 0 amide bonds. The molecule has 0 saturated carbocycles. The van der Waals surface area contributed by atoms with Crippen molar-refractivity contribution in [3.8, 4) is 0 Å². The van der Waals surface area contributed by atoms with Crippen LogP contribution in [0.3, 0.4) is 0 Å². The third-order valence-electron chi connectivity index (χ3n) is 11.8. The summed E-state index contributed by atoms with van der Waals surface area (Å²) < 4.78 is 0. The minimum absolute atomic E-state index is 0.0928. The number of hydrogen-bond donors (Lipinski definition) is 10. The van der Waals surface area contributed by atoms with Gasteiger partial charge in [0.25, 0.3) is 0 Å². The number of nitrogens with two attached hydrogens (primary N) is 2. The van der Waals surface area contributed by atoms with Gasteiger partial charge in [-0.15, -0.1) is 0 Å². The highest BCUT2D eigenvalue weighted by Crippen LogP contribution is 2.44. The van der Waals surface area contributed by atoms with Crippen LogP contribution in [0.15, 0.2) is 65.3 Å². The van der Waals surface area contributed by atoms with E-state index in [0.717, 1.165) is 66.8 Å². The quantitative estimate of drug-likeness (QED) is 0.0377. The average Bonchev–Trinajstić information content (AvgIpc) is 3.70. The molecule has 0 bridgehead atoms. The molecule has 2 aliphatic rings. The number of nitrogens with zero attached hydrogens (tertiary/aromatic N) is 1. The Morgan fingerprint density at radius 1 is 1.02 bits per heavy atom. The normalized spacial score (nSPS) is 21.9. The zero-order valence-electron chi connectivity index (χ0n) is 32.5. The molecule has 14 nitrogen and oxygen atoms in total. The number of carboxylic acids is 1. The van der Waals surface area contributed by atoms with Crippen LogP contribution in [-0.2, 0) is 27.2 Å². The molecule has 12 N–H and O–H groups in total. The maximum atomic E-state index is 12.5. The number of carbonyl (C=O) groups is 3. The number of aliphatic carboxylic acids is 1. The lowest BCUT2D eigenvalue weighted by Gasteiger charge is -2.39. The number of carbonyl (C=O) groups excluding carboxylic acids is 2. The average molecular weight is 789 g/mol. The molecule has 0 saturated heterocycles. The van der Waals surface area contributed by atoms with E-state index in [2.05, 4.69) is 44.9 Å². The molecule has 0 radical (unpaired) electrons. The van der Waals surface area contributed by atoms with Crippen LogP contribution >= 0.6 is 0 Å². The number of H-pyrrole nitrogens is 1. The van der Waals surface area contributed by atoms with E-state index in [1.807, 2.05) is 18.2 Å². The topological polar surface area (TPSA) is 257 Å². The van der Waals surface area contributed by atoms with Gasteiger partial charge in [0.2, 0.25) is 0 Å². The number of benzene rings is 2. The maximum absolute atomic E-state index is 12.5. The Bertz CT molecular complexity index is 1830. The summed E-state index contributed by atoms with van der Waals surface area (Å²) in [7, 11) is 0. The first-order chi connectivity index (χ1) is 27.5. The minimum Gasteiger partial charge on any atom is -0.478 e. The number of fused-ring (bicyclic) bond motifs is 2. The van der Waals surface area contributed by atoms with Crippen LogP contribution < -0.4 is 22.1 Å². The largest absolute Gasteiger partial charge is 0.478 e. The van der Waals surface area contributed by atoms with Gasteiger partial charge >= 0.3 is 5.97 Å². The van der Waals surface area contributed by atoms with Crippen molar-refractivity contribution in [2.45, 2.75) is 126 Å². The Labute approximate surface area is 333 Å². The third kappa shape index (κ3) is 12.4. The number of aromatic amines is 1. The van der Waals surface area contributed by atoms with Crippen molar-refractivity contribution in [2.24, 2.45) is 28.3 Å². The molecule has 57 heavy (non-hydrogen) atoms. The summed E-state index contributed by atoms with van der Waals surface area (Å²) in [5.74, 6) is -0.368. The lowest BCUT2D eigenvalue weighted by molar-refractivity contribution is -0.131. The van der Waals surface area contributed by atoms with Crippen LogP contribution in [0.4, 0.5) is 5.82 Å². The predicted octanol–water partition coefficient (Wildman–Crippen LogP) is 3.41. The Hall–Kier alpha value is -4.60. The fourth-order valence-electron chi connectivity index (χ4n) is 8.79. The fraction of sp³-hybridized carbons (Fsp3) is 0.535. The number of aliphatic hydroxyl groups excluding tert-OH is 3. The van der Waals surface area contributed by atoms with E-state index in [0.29, 0.717) is 37.7 Å². The number of hydrogen-bond acceptors (Lipinski definition) is 12. The lowest BCUT2D eigenvalue weighted by Crippen LogP contribution is -2.52. The number of guanidine groups is 1. The van der Waals surface area contributed by atoms with Crippen molar-refractivity contribution in [1.82, 2.24) is 10.3 Å². The molecule has 310 valence electrons. The van der Waals surface area contributed by atoms with E-state index in [1.54, 1.807) is 6.20 Å². The molecule has 8 atom stereocenters. The highest BCUT2D eigenvalue weighted by atomic mass is 16.5. The second-order valence-electron chi connectivity index (χ2n) is 15.8. The van der Waals surface area contributed by atoms with Crippen molar-refractivity contribution in [1.29, 1.82) is 0 Å². The summed E-state index contributed by atoms with van der Waals surface area (Å²) in [6.07, 6.45) is 9.53. The van der Waals surface area contributed by atoms with Gasteiger partial charge in [-0.3, -0.25) is 0 Å². The molecule has 3 aromatic rings. The van der Waals surface area contributed by atoms with Gasteiger partial charge in [-0.25, -0.2) is 9.79 Å². The molecule has 0 unspecified atom stereocenters. The molecule has 1 aliphatic heterocycles. The number of aliphatic hydroxyl groups is 4. The number of nitrogens with one attached hydrogen (secondary N) is 3. The number of rotatable bonds is 23. The molecular formula is C43H60N6O8. The Kier molecular flexibility index (Phi) is 16.2. The van der Waals surface area contributed by atoms with Gasteiger partial charge in [0.1, 0.15) is 18.4 Å². The van der Waals surface area contributed by atoms with Crippen molar-refractivity contribution in [3.63, 3.8) is 0 Å². The molecule has 2 heterocycles. The minimum atomic E-state index is -1.44. The van der Waals surface area contributed by atoms with Crippen LogP contribution in [0.5, 0.6) is 0 Å². The van der Waals surface area contributed by atoms with Gasteiger partial charge in [-0.05, 0) is 128 Å². The first kappa shape index (κ1) is 43.5. The van der Waals surface area contributed by atoms with Gasteiger partial charge in [0, 0.05) is 37.3 Å². The molecule has 14 heteroatoms. The van der Waals surface area contributed by atoms with Crippen LogP contribution in [0, 0.1) is 11.8 Å². The summed E-state index contributed by atoms with van der Waals surface area (Å²) in [4.78, 5) is 43.1. The number of anilines is 1. The van der Waals surface area contributed by atoms with E-state index < -0.39 is 36.5 Å².